The molecule has 0 radical (unpaired) electrons. The molecule has 1 heterocycles. The van der Waals surface area contributed by atoms with Gasteiger partial charge in [-0.3, -0.25) is 0 Å². The topological polar surface area (TPSA) is 41.9 Å². The van der Waals surface area contributed by atoms with Gasteiger partial charge in [0, 0.05) is 12.6 Å². The number of hydrazone groups is 1. The summed E-state index contributed by atoms with van der Waals surface area (Å²) in [4.78, 5) is 15.2. The number of carbonyl (C=O) groups excluding carboxylic acids is 1. The van der Waals surface area contributed by atoms with E-state index in [0.29, 0.717) is 6.54 Å². The molecule has 0 unspecified atom stereocenters. The van der Waals surface area contributed by atoms with Crippen LogP contribution in [0, 0.1) is 0 Å². The molecule has 0 N–H and O–H groups in total. The van der Waals surface area contributed by atoms with Crippen molar-refractivity contribution in [2.75, 3.05) is 12.3 Å². The quantitative estimate of drug-likeness (QED) is 0.581. The first-order chi connectivity index (χ1) is 4.83. The van der Waals surface area contributed by atoms with E-state index in [0.717, 1.165) is 6.42 Å². The summed E-state index contributed by atoms with van der Waals surface area (Å²) >= 11 is 3.74. The van der Waals surface area contributed by atoms with Gasteiger partial charge in [0.2, 0.25) is 0 Å². The Morgan fingerprint density at radius 1 is 1.90 bits per heavy atom. The van der Waals surface area contributed by atoms with Crippen LogP contribution in [-0.4, -0.2) is 29.7 Å². The molecule has 0 aromatic rings. The molecule has 10 heavy (non-hydrogen) atoms. The fraction of sp³-hybridized carbons (Fsp3) is 0.600. The van der Waals surface area contributed by atoms with Crippen LogP contribution >= 0.6 is 12.6 Å². The van der Waals surface area contributed by atoms with Crippen molar-refractivity contribution in [3.05, 3.63) is 0 Å². The number of hydrogen-bond donors (Lipinski definition) is 1. The predicted molar refractivity (Wildman–Crippen MR) is 39.8 cm³/mol. The standard InChI is InChI=1S/C5H8N2O2S/c8-5(4-10)9-7-3-1-2-6-7/h2,10H,1,3-4H2. The Bertz CT molecular complexity index is 160. The molecule has 0 fully saturated rings. The minimum atomic E-state index is -0.373. The highest BCUT2D eigenvalue weighted by Gasteiger charge is 2.09. The Balaban J connectivity index is 2.24. The minimum absolute atomic E-state index is 0.0893. The van der Waals surface area contributed by atoms with Crippen molar-refractivity contribution >= 4 is 24.8 Å². The van der Waals surface area contributed by atoms with Crippen molar-refractivity contribution < 1.29 is 9.63 Å². The number of hydroxylamine groups is 1. The highest BCUT2D eigenvalue weighted by atomic mass is 32.1. The lowest BCUT2D eigenvalue weighted by Crippen LogP contribution is -2.20. The third-order valence-electron chi connectivity index (χ3n) is 0.996. The Kier molecular flexibility index (Phi) is 2.56. The van der Waals surface area contributed by atoms with E-state index in [1.807, 2.05) is 0 Å². The maximum absolute atomic E-state index is 10.6. The van der Waals surface area contributed by atoms with E-state index in [1.165, 1.54) is 5.17 Å². The van der Waals surface area contributed by atoms with Crippen LogP contribution < -0.4 is 0 Å². The molecule has 0 aliphatic carbocycles. The molecular weight excluding hydrogens is 152 g/mol. The van der Waals surface area contributed by atoms with E-state index in [9.17, 15) is 4.79 Å². The summed E-state index contributed by atoms with van der Waals surface area (Å²) in [5, 5.41) is 5.02. The summed E-state index contributed by atoms with van der Waals surface area (Å²) in [6.45, 7) is 0.652. The number of thiol groups is 1. The van der Waals surface area contributed by atoms with Crippen LogP contribution in [0.15, 0.2) is 5.10 Å². The van der Waals surface area contributed by atoms with Gasteiger partial charge in [0.05, 0.1) is 12.3 Å². The fourth-order valence-corrected chi connectivity index (χ4v) is 0.648. The molecule has 0 atom stereocenters. The maximum atomic E-state index is 10.6. The third-order valence-corrected chi connectivity index (χ3v) is 1.25. The zero-order valence-electron chi connectivity index (χ0n) is 5.36. The van der Waals surface area contributed by atoms with Crippen molar-refractivity contribution in [3.8, 4) is 0 Å². The van der Waals surface area contributed by atoms with Crippen LogP contribution in [-0.2, 0) is 9.63 Å². The van der Waals surface area contributed by atoms with Gasteiger partial charge in [-0.1, -0.05) is 0 Å². The van der Waals surface area contributed by atoms with E-state index < -0.39 is 0 Å². The van der Waals surface area contributed by atoms with Gasteiger partial charge in [0.25, 0.3) is 0 Å². The molecule has 0 bridgehead atoms. The summed E-state index contributed by atoms with van der Waals surface area (Å²) < 4.78 is 0. The molecule has 0 spiro atoms. The van der Waals surface area contributed by atoms with Crippen LogP contribution in [0.25, 0.3) is 0 Å². The molecule has 0 aromatic carbocycles. The van der Waals surface area contributed by atoms with Crippen LogP contribution in [0.5, 0.6) is 0 Å². The average Bonchev–Trinajstić information content (AvgIpc) is 2.40. The van der Waals surface area contributed by atoms with Crippen molar-refractivity contribution in [3.63, 3.8) is 0 Å². The molecule has 1 aliphatic rings. The molecule has 0 amide bonds. The summed E-state index contributed by atoms with van der Waals surface area (Å²) in [5.74, 6) is -0.283. The van der Waals surface area contributed by atoms with E-state index in [2.05, 4.69) is 22.6 Å². The number of nitrogens with zero attached hydrogens (tertiary/aromatic N) is 2. The van der Waals surface area contributed by atoms with Crippen molar-refractivity contribution in [2.45, 2.75) is 6.42 Å². The van der Waals surface area contributed by atoms with Gasteiger partial charge >= 0.3 is 5.97 Å². The second-order valence-electron chi connectivity index (χ2n) is 1.78. The fourth-order valence-electron chi connectivity index (χ4n) is 0.590. The van der Waals surface area contributed by atoms with Crippen LogP contribution in [0.3, 0.4) is 0 Å². The van der Waals surface area contributed by atoms with E-state index in [-0.39, 0.29) is 11.7 Å². The zero-order valence-corrected chi connectivity index (χ0v) is 6.25. The van der Waals surface area contributed by atoms with Gasteiger partial charge in [-0.05, 0) is 0 Å². The second-order valence-corrected chi connectivity index (χ2v) is 2.10. The Hall–Kier alpha value is -0.710. The van der Waals surface area contributed by atoms with Crippen LogP contribution in [0.4, 0.5) is 0 Å². The smallest absolute Gasteiger partial charge is 0.323 e. The van der Waals surface area contributed by atoms with Crippen molar-refractivity contribution in [1.82, 2.24) is 5.17 Å². The molecule has 0 aromatic heterocycles. The minimum Gasteiger partial charge on any atom is -0.323 e. The molecule has 1 aliphatic heterocycles. The first-order valence-corrected chi connectivity index (χ1v) is 3.58. The van der Waals surface area contributed by atoms with Gasteiger partial charge in [0.1, 0.15) is 0 Å². The summed E-state index contributed by atoms with van der Waals surface area (Å²) in [5.41, 5.74) is 0. The Morgan fingerprint density at radius 3 is 3.20 bits per heavy atom. The molecule has 1 rings (SSSR count). The largest absolute Gasteiger partial charge is 0.343 e. The first kappa shape index (κ1) is 7.40. The number of rotatable bonds is 2. The predicted octanol–water partition coefficient (Wildman–Crippen LogP) is 0.0659. The molecule has 56 valence electrons. The van der Waals surface area contributed by atoms with E-state index >= 15 is 0 Å². The van der Waals surface area contributed by atoms with Gasteiger partial charge in [-0.25, -0.2) is 4.79 Å². The summed E-state index contributed by atoms with van der Waals surface area (Å²) in [6, 6.07) is 0. The monoisotopic (exact) mass is 160 g/mol. The Labute approximate surface area is 64.2 Å². The SMILES string of the molecule is O=C(CS)ON1CCC=N1. The molecule has 0 saturated carbocycles. The second kappa shape index (κ2) is 3.46. The Morgan fingerprint density at radius 2 is 2.70 bits per heavy atom. The lowest BCUT2D eigenvalue weighted by molar-refractivity contribution is -0.184. The lowest BCUT2D eigenvalue weighted by Gasteiger charge is -2.10. The maximum Gasteiger partial charge on any atom is 0.343 e. The molecule has 0 saturated heterocycles. The van der Waals surface area contributed by atoms with Crippen molar-refractivity contribution in [1.29, 1.82) is 0 Å². The number of hydrogen-bond acceptors (Lipinski definition) is 5. The first-order valence-electron chi connectivity index (χ1n) is 2.94. The van der Waals surface area contributed by atoms with E-state index in [4.69, 9.17) is 0 Å². The third kappa shape index (κ3) is 1.91. The molecule has 5 heteroatoms. The lowest BCUT2D eigenvalue weighted by atomic mass is 10.5. The summed E-state index contributed by atoms with van der Waals surface area (Å²) in [7, 11) is 0. The van der Waals surface area contributed by atoms with E-state index in [1.54, 1.807) is 6.21 Å². The van der Waals surface area contributed by atoms with Gasteiger partial charge in [-0.15, -0.1) is 5.17 Å². The summed E-state index contributed by atoms with van der Waals surface area (Å²) in [6.07, 6.45) is 2.53. The van der Waals surface area contributed by atoms with Crippen molar-refractivity contribution in [2.24, 2.45) is 5.10 Å². The van der Waals surface area contributed by atoms with Gasteiger partial charge < -0.3 is 4.84 Å². The molecular formula is C5H8N2O2S. The van der Waals surface area contributed by atoms with Gasteiger partial charge in [-0.2, -0.15) is 17.7 Å². The normalized spacial score (nSPS) is 15.9. The number of carbonyl (C=O) groups is 1. The van der Waals surface area contributed by atoms with Gasteiger partial charge in [0.15, 0.2) is 0 Å². The average molecular weight is 160 g/mol. The highest BCUT2D eigenvalue weighted by Crippen LogP contribution is 2.00. The highest BCUT2D eigenvalue weighted by molar-refractivity contribution is 7.81. The van der Waals surface area contributed by atoms with Crippen LogP contribution in [0.2, 0.25) is 0 Å². The molecule has 4 nitrogen and oxygen atoms in total. The van der Waals surface area contributed by atoms with Crippen LogP contribution in [0.1, 0.15) is 6.42 Å². The zero-order chi connectivity index (χ0) is 7.40.